The van der Waals surface area contributed by atoms with Crippen molar-refractivity contribution in [3.05, 3.63) is 0 Å². The third-order valence-electron chi connectivity index (χ3n) is 4.15. The Balaban J connectivity index is 1.89. The maximum Gasteiger partial charge on any atom is 0.140 e. The molecule has 2 aliphatic heterocycles. The molecule has 104 valence electrons. The van der Waals surface area contributed by atoms with Crippen LogP contribution in [-0.2, 0) is 14.3 Å². The average molecular weight is 255 g/mol. The lowest BCUT2D eigenvalue weighted by molar-refractivity contribution is -0.140. The molecular formula is C14H25NO3. The first kappa shape index (κ1) is 14.0. The van der Waals surface area contributed by atoms with E-state index in [1.165, 1.54) is 0 Å². The minimum atomic E-state index is -0.156. The van der Waals surface area contributed by atoms with Crippen LogP contribution in [0, 0.1) is 11.8 Å². The SMILES string of the molecule is CCNCC(C)C(=O)C1CCOC2(CCOC2)C1. The van der Waals surface area contributed by atoms with Gasteiger partial charge in [-0.05, 0) is 19.4 Å². The van der Waals surface area contributed by atoms with Gasteiger partial charge in [-0.15, -0.1) is 0 Å². The topological polar surface area (TPSA) is 47.6 Å². The molecule has 0 aromatic carbocycles. The first-order valence-electron chi connectivity index (χ1n) is 7.13. The Morgan fingerprint density at radius 3 is 3.00 bits per heavy atom. The zero-order chi connectivity index (χ0) is 13.0. The monoisotopic (exact) mass is 255 g/mol. The largest absolute Gasteiger partial charge is 0.378 e. The number of hydrogen-bond acceptors (Lipinski definition) is 4. The molecule has 0 amide bonds. The minimum Gasteiger partial charge on any atom is -0.378 e. The number of Topliss-reactive ketones (excluding diaryl/α,β-unsaturated/α-hetero) is 1. The molecule has 0 radical (unpaired) electrons. The molecular weight excluding hydrogens is 230 g/mol. The molecule has 0 bridgehead atoms. The molecule has 3 unspecified atom stereocenters. The summed E-state index contributed by atoms with van der Waals surface area (Å²) in [5.41, 5.74) is -0.156. The minimum absolute atomic E-state index is 0.104. The van der Waals surface area contributed by atoms with Gasteiger partial charge in [-0.3, -0.25) is 4.79 Å². The van der Waals surface area contributed by atoms with Crippen LogP contribution in [0.5, 0.6) is 0 Å². The van der Waals surface area contributed by atoms with Crippen molar-refractivity contribution in [2.24, 2.45) is 11.8 Å². The highest BCUT2D eigenvalue weighted by Gasteiger charge is 2.43. The van der Waals surface area contributed by atoms with Crippen LogP contribution >= 0.6 is 0 Å². The van der Waals surface area contributed by atoms with Crippen molar-refractivity contribution in [2.75, 3.05) is 32.9 Å². The molecule has 3 atom stereocenters. The number of hydrogen-bond donors (Lipinski definition) is 1. The zero-order valence-electron chi connectivity index (χ0n) is 11.5. The second kappa shape index (κ2) is 6.13. The summed E-state index contributed by atoms with van der Waals surface area (Å²) in [6, 6.07) is 0. The van der Waals surface area contributed by atoms with E-state index >= 15 is 0 Å². The van der Waals surface area contributed by atoms with Gasteiger partial charge in [0.25, 0.3) is 0 Å². The summed E-state index contributed by atoms with van der Waals surface area (Å²) < 4.78 is 11.3. The van der Waals surface area contributed by atoms with Crippen LogP contribution in [0.4, 0.5) is 0 Å². The molecule has 2 fully saturated rings. The highest BCUT2D eigenvalue weighted by Crippen LogP contribution is 2.36. The van der Waals surface area contributed by atoms with Gasteiger partial charge in [-0.2, -0.15) is 0 Å². The lowest BCUT2D eigenvalue weighted by Gasteiger charge is -2.37. The van der Waals surface area contributed by atoms with E-state index in [-0.39, 0.29) is 17.4 Å². The normalized spacial score (nSPS) is 33.8. The first-order valence-corrected chi connectivity index (χ1v) is 7.13. The van der Waals surface area contributed by atoms with Gasteiger partial charge >= 0.3 is 0 Å². The van der Waals surface area contributed by atoms with E-state index in [0.29, 0.717) is 19.0 Å². The fourth-order valence-corrected chi connectivity index (χ4v) is 3.00. The molecule has 2 rings (SSSR count). The predicted molar refractivity (Wildman–Crippen MR) is 69.6 cm³/mol. The summed E-state index contributed by atoms with van der Waals surface area (Å²) in [6.45, 7) is 7.94. The van der Waals surface area contributed by atoms with Crippen molar-refractivity contribution in [3.8, 4) is 0 Å². The van der Waals surface area contributed by atoms with Crippen LogP contribution in [0.3, 0.4) is 0 Å². The van der Waals surface area contributed by atoms with Gasteiger partial charge in [0.05, 0.1) is 12.2 Å². The second-order valence-corrected chi connectivity index (χ2v) is 5.63. The van der Waals surface area contributed by atoms with Crippen molar-refractivity contribution >= 4 is 5.78 Å². The van der Waals surface area contributed by atoms with E-state index in [9.17, 15) is 4.79 Å². The van der Waals surface area contributed by atoms with E-state index in [1.54, 1.807) is 0 Å². The van der Waals surface area contributed by atoms with Crippen molar-refractivity contribution in [1.82, 2.24) is 5.32 Å². The highest BCUT2D eigenvalue weighted by atomic mass is 16.6. The lowest BCUT2D eigenvalue weighted by Crippen LogP contribution is -2.44. The number of nitrogens with one attached hydrogen (secondary N) is 1. The third-order valence-corrected chi connectivity index (χ3v) is 4.15. The van der Waals surface area contributed by atoms with Crippen molar-refractivity contribution < 1.29 is 14.3 Å². The van der Waals surface area contributed by atoms with Crippen molar-refractivity contribution in [2.45, 2.75) is 38.7 Å². The van der Waals surface area contributed by atoms with Crippen LogP contribution in [-0.4, -0.2) is 44.3 Å². The van der Waals surface area contributed by atoms with Gasteiger partial charge in [0.2, 0.25) is 0 Å². The molecule has 0 aromatic rings. The van der Waals surface area contributed by atoms with E-state index in [0.717, 1.165) is 39.0 Å². The van der Waals surface area contributed by atoms with Gasteiger partial charge in [0.1, 0.15) is 5.78 Å². The number of ketones is 1. The Morgan fingerprint density at radius 2 is 2.33 bits per heavy atom. The molecule has 4 nitrogen and oxygen atoms in total. The van der Waals surface area contributed by atoms with Gasteiger partial charge in [0, 0.05) is 38.0 Å². The molecule has 0 saturated carbocycles. The summed E-state index contributed by atoms with van der Waals surface area (Å²) in [4.78, 5) is 12.4. The maximum atomic E-state index is 12.4. The second-order valence-electron chi connectivity index (χ2n) is 5.63. The molecule has 2 saturated heterocycles. The summed E-state index contributed by atoms with van der Waals surface area (Å²) >= 11 is 0. The first-order chi connectivity index (χ1) is 8.67. The maximum absolute atomic E-state index is 12.4. The standard InChI is InChI=1S/C14H25NO3/c1-3-15-9-11(2)13(16)12-4-6-18-14(8-12)5-7-17-10-14/h11-12,15H,3-10H2,1-2H3. The predicted octanol–water partition coefficient (Wildman–Crippen LogP) is 1.39. The molecule has 1 spiro atoms. The number of carbonyl (C=O) groups is 1. The quantitative estimate of drug-likeness (QED) is 0.806. The van der Waals surface area contributed by atoms with E-state index in [1.807, 2.05) is 6.92 Å². The molecule has 2 aliphatic rings. The Hall–Kier alpha value is -0.450. The van der Waals surface area contributed by atoms with Crippen molar-refractivity contribution in [3.63, 3.8) is 0 Å². The number of carbonyl (C=O) groups excluding carboxylic acids is 1. The fourth-order valence-electron chi connectivity index (χ4n) is 3.00. The Kier molecular flexibility index (Phi) is 4.76. The number of ether oxygens (including phenoxy) is 2. The average Bonchev–Trinajstić information content (AvgIpc) is 2.83. The van der Waals surface area contributed by atoms with Gasteiger partial charge in [0.15, 0.2) is 0 Å². The van der Waals surface area contributed by atoms with E-state index in [4.69, 9.17) is 9.47 Å². The number of rotatable bonds is 5. The van der Waals surface area contributed by atoms with Gasteiger partial charge < -0.3 is 14.8 Å². The van der Waals surface area contributed by atoms with E-state index < -0.39 is 0 Å². The smallest absolute Gasteiger partial charge is 0.140 e. The fraction of sp³-hybridized carbons (Fsp3) is 0.929. The van der Waals surface area contributed by atoms with Crippen molar-refractivity contribution in [1.29, 1.82) is 0 Å². The summed E-state index contributed by atoms with van der Waals surface area (Å²) in [5.74, 6) is 0.659. The Morgan fingerprint density at radius 1 is 1.50 bits per heavy atom. The van der Waals surface area contributed by atoms with Gasteiger partial charge in [-0.1, -0.05) is 13.8 Å². The van der Waals surface area contributed by atoms with Gasteiger partial charge in [-0.25, -0.2) is 0 Å². The molecule has 0 aromatic heterocycles. The summed E-state index contributed by atoms with van der Waals surface area (Å²) in [5, 5.41) is 3.25. The van der Waals surface area contributed by atoms with Crippen LogP contribution in [0.2, 0.25) is 0 Å². The molecule has 1 N–H and O–H groups in total. The molecule has 4 heteroatoms. The van der Waals surface area contributed by atoms with Crippen LogP contribution in [0.25, 0.3) is 0 Å². The van der Waals surface area contributed by atoms with Crippen LogP contribution < -0.4 is 5.32 Å². The van der Waals surface area contributed by atoms with Crippen LogP contribution in [0.1, 0.15) is 33.1 Å². The zero-order valence-corrected chi connectivity index (χ0v) is 11.5. The lowest BCUT2D eigenvalue weighted by atomic mass is 9.80. The van der Waals surface area contributed by atoms with E-state index in [2.05, 4.69) is 12.2 Å². The third kappa shape index (κ3) is 3.11. The van der Waals surface area contributed by atoms with Crippen LogP contribution in [0.15, 0.2) is 0 Å². The summed E-state index contributed by atoms with van der Waals surface area (Å²) in [7, 11) is 0. The molecule has 18 heavy (non-hydrogen) atoms. The highest BCUT2D eigenvalue weighted by molar-refractivity contribution is 5.83. The Bertz CT molecular complexity index is 287. The molecule has 2 heterocycles. The molecule has 0 aliphatic carbocycles. The summed E-state index contributed by atoms with van der Waals surface area (Å²) in [6.07, 6.45) is 2.66. The Labute approximate surface area is 109 Å².